The number of benzene rings is 1. The number of rotatable bonds is 8. The molecule has 0 aliphatic heterocycles. The molecule has 0 aliphatic carbocycles. The average molecular weight is 302 g/mol. The van der Waals surface area contributed by atoms with Gasteiger partial charge in [0.15, 0.2) is 6.61 Å². The first-order valence-corrected chi connectivity index (χ1v) is 6.78. The summed E-state index contributed by atoms with van der Waals surface area (Å²) in [6.45, 7) is 2.65. The minimum Gasteiger partial charge on any atom is -0.483 e. The summed E-state index contributed by atoms with van der Waals surface area (Å²) in [5.41, 5.74) is 0.560. The molecule has 0 heterocycles. The van der Waals surface area contributed by atoms with Crippen molar-refractivity contribution in [2.45, 2.75) is 19.4 Å². The van der Waals surface area contributed by atoms with Gasteiger partial charge in [-0.1, -0.05) is 11.6 Å². The Labute approximate surface area is 123 Å². The smallest absolute Gasteiger partial charge is 0.257 e. The van der Waals surface area contributed by atoms with E-state index in [2.05, 4.69) is 5.32 Å². The highest BCUT2D eigenvalue weighted by molar-refractivity contribution is 6.30. The lowest BCUT2D eigenvalue weighted by Gasteiger charge is -2.13. The summed E-state index contributed by atoms with van der Waals surface area (Å²) in [4.78, 5) is 11.6. The van der Waals surface area contributed by atoms with E-state index in [1.165, 1.54) is 0 Å². The van der Waals surface area contributed by atoms with E-state index >= 15 is 0 Å². The van der Waals surface area contributed by atoms with Gasteiger partial charge in [0.1, 0.15) is 5.75 Å². The van der Waals surface area contributed by atoms with E-state index < -0.39 is 6.10 Å². The Hall–Kier alpha value is -1.30. The third-order valence-electron chi connectivity index (χ3n) is 2.63. The van der Waals surface area contributed by atoms with Crippen LogP contribution in [0.5, 0.6) is 5.75 Å². The summed E-state index contributed by atoms with van der Waals surface area (Å²) in [6.07, 6.45) is 0.0377. The summed E-state index contributed by atoms with van der Waals surface area (Å²) in [7, 11) is 1.61. The van der Waals surface area contributed by atoms with Crippen LogP contribution in [0, 0.1) is 0 Å². The Morgan fingerprint density at radius 2 is 2.25 bits per heavy atom. The van der Waals surface area contributed by atoms with Gasteiger partial charge in [-0.15, -0.1) is 0 Å². The van der Waals surface area contributed by atoms with Crippen LogP contribution in [-0.4, -0.2) is 37.9 Å². The van der Waals surface area contributed by atoms with Gasteiger partial charge in [0.2, 0.25) is 0 Å². The lowest BCUT2D eigenvalue weighted by Crippen LogP contribution is -2.30. The number of ether oxygens (including phenoxy) is 2. The molecule has 1 amide bonds. The molecule has 0 spiro atoms. The highest BCUT2D eigenvalue weighted by Gasteiger charge is 2.11. The van der Waals surface area contributed by atoms with E-state index in [0.717, 1.165) is 6.42 Å². The SMILES string of the molecule is COCCCNC(=O)COc1ccc(Cl)cc1C(C)O. The second-order valence-electron chi connectivity index (χ2n) is 4.34. The molecule has 1 atom stereocenters. The van der Waals surface area contributed by atoms with Gasteiger partial charge < -0.3 is 19.9 Å². The number of carbonyl (C=O) groups excluding carboxylic acids is 1. The van der Waals surface area contributed by atoms with Crippen LogP contribution in [-0.2, 0) is 9.53 Å². The quantitative estimate of drug-likeness (QED) is 0.720. The molecule has 0 bridgehead atoms. The first kappa shape index (κ1) is 16.8. The van der Waals surface area contributed by atoms with Gasteiger partial charge in [0.25, 0.3) is 5.91 Å². The van der Waals surface area contributed by atoms with E-state index in [9.17, 15) is 9.90 Å². The van der Waals surface area contributed by atoms with Gasteiger partial charge in [0.05, 0.1) is 6.10 Å². The van der Waals surface area contributed by atoms with E-state index in [1.807, 2.05) is 0 Å². The highest BCUT2D eigenvalue weighted by Crippen LogP contribution is 2.28. The van der Waals surface area contributed by atoms with Gasteiger partial charge in [-0.3, -0.25) is 4.79 Å². The van der Waals surface area contributed by atoms with Gasteiger partial charge in [-0.25, -0.2) is 0 Å². The number of methoxy groups -OCH3 is 1. The predicted molar refractivity (Wildman–Crippen MR) is 77.1 cm³/mol. The van der Waals surface area contributed by atoms with Crippen LogP contribution in [0.3, 0.4) is 0 Å². The van der Waals surface area contributed by atoms with Gasteiger partial charge >= 0.3 is 0 Å². The van der Waals surface area contributed by atoms with Crippen molar-refractivity contribution in [2.24, 2.45) is 0 Å². The molecule has 1 unspecified atom stereocenters. The lowest BCUT2D eigenvalue weighted by molar-refractivity contribution is -0.123. The Morgan fingerprint density at radius 1 is 1.50 bits per heavy atom. The zero-order valence-corrected chi connectivity index (χ0v) is 12.4. The summed E-state index contributed by atoms with van der Waals surface area (Å²) in [5, 5.41) is 12.9. The van der Waals surface area contributed by atoms with Crippen molar-refractivity contribution in [1.29, 1.82) is 0 Å². The number of aliphatic hydroxyl groups is 1. The molecule has 1 rings (SSSR count). The van der Waals surface area contributed by atoms with Crippen molar-refractivity contribution in [1.82, 2.24) is 5.32 Å². The molecule has 1 aromatic rings. The first-order chi connectivity index (χ1) is 9.54. The molecule has 112 valence electrons. The molecule has 0 radical (unpaired) electrons. The van der Waals surface area contributed by atoms with Crippen LogP contribution in [0.1, 0.15) is 25.0 Å². The third kappa shape index (κ3) is 5.77. The number of nitrogens with one attached hydrogen (secondary N) is 1. The lowest BCUT2D eigenvalue weighted by atomic mass is 10.1. The van der Waals surface area contributed by atoms with Gasteiger partial charge in [-0.2, -0.15) is 0 Å². The summed E-state index contributed by atoms with van der Waals surface area (Å²) in [5.74, 6) is 0.240. The van der Waals surface area contributed by atoms with Crippen LogP contribution in [0.25, 0.3) is 0 Å². The van der Waals surface area contributed by atoms with E-state index in [0.29, 0.717) is 29.5 Å². The zero-order chi connectivity index (χ0) is 15.0. The minimum atomic E-state index is -0.714. The van der Waals surface area contributed by atoms with Crippen LogP contribution in [0.2, 0.25) is 5.02 Å². The Kier molecular flexibility index (Phi) is 7.36. The fraction of sp³-hybridized carbons (Fsp3) is 0.500. The molecule has 6 heteroatoms. The van der Waals surface area contributed by atoms with Crippen LogP contribution < -0.4 is 10.1 Å². The van der Waals surface area contributed by atoms with Crippen LogP contribution in [0.15, 0.2) is 18.2 Å². The molecule has 0 saturated heterocycles. The number of hydrogen-bond acceptors (Lipinski definition) is 4. The minimum absolute atomic E-state index is 0.103. The van der Waals surface area contributed by atoms with Crippen molar-refractivity contribution in [3.8, 4) is 5.75 Å². The molecule has 0 fully saturated rings. The molecule has 0 aromatic heterocycles. The highest BCUT2D eigenvalue weighted by atomic mass is 35.5. The number of aliphatic hydroxyl groups excluding tert-OH is 1. The molecule has 1 aromatic carbocycles. The number of carbonyl (C=O) groups is 1. The average Bonchev–Trinajstić information content (AvgIpc) is 2.42. The summed E-state index contributed by atoms with van der Waals surface area (Å²) < 4.78 is 10.3. The molecule has 0 saturated carbocycles. The van der Waals surface area contributed by atoms with Crippen LogP contribution in [0.4, 0.5) is 0 Å². The van der Waals surface area contributed by atoms with Crippen molar-refractivity contribution < 1.29 is 19.4 Å². The topological polar surface area (TPSA) is 67.8 Å². The first-order valence-electron chi connectivity index (χ1n) is 6.40. The second-order valence-corrected chi connectivity index (χ2v) is 4.78. The molecular formula is C14H20ClNO4. The van der Waals surface area contributed by atoms with Crippen molar-refractivity contribution in [3.63, 3.8) is 0 Å². The molecule has 2 N–H and O–H groups in total. The molecular weight excluding hydrogens is 282 g/mol. The monoisotopic (exact) mass is 301 g/mol. The molecule has 5 nitrogen and oxygen atoms in total. The molecule has 20 heavy (non-hydrogen) atoms. The number of halogens is 1. The Morgan fingerprint density at radius 3 is 2.90 bits per heavy atom. The van der Waals surface area contributed by atoms with Crippen molar-refractivity contribution >= 4 is 17.5 Å². The van der Waals surface area contributed by atoms with E-state index in [1.54, 1.807) is 32.2 Å². The van der Waals surface area contributed by atoms with Crippen LogP contribution >= 0.6 is 11.6 Å². The maximum atomic E-state index is 11.6. The maximum absolute atomic E-state index is 11.6. The Balaban J connectivity index is 2.47. The third-order valence-corrected chi connectivity index (χ3v) is 2.86. The standard InChI is InChI=1S/C14H20ClNO4/c1-10(17)12-8-11(15)4-5-13(12)20-9-14(18)16-6-3-7-19-2/h4-5,8,10,17H,3,6-7,9H2,1-2H3,(H,16,18). The Bertz CT molecular complexity index is 437. The fourth-order valence-electron chi connectivity index (χ4n) is 1.62. The summed E-state index contributed by atoms with van der Waals surface area (Å²) in [6, 6.07) is 4.92. The van der Waals surface area contributed by atoms with E-state index in [-0.39, 0.29) is 12.5 Å². The molecule has 0 aliphatic rings. The summed E-state index contributed by atoms with van der Waals surface area (Å²) >= 11 is 5.86. The normalized spacial score (nSPS) is 12.0. The van der Waals surface area contributed by atoms with E-state index in [4.69, 9.17) is 21.1 Å². The largest absolute Gasteiger partial charge is 0.483 e. The maximum Gasteiger partial charge on any atom is 0.257 e. The predicted octanol–water partition coefficient (Wildman–Crippen LogP) is 1.92. The van der Waals surface area contributed by atoms with Crippen molar-refractivity contribution in [2.75, 3.05) is 26.9 Å². The zero-order valence-electron chi connectivity index (χ0n) is 11.7. The van der Waals surface area contributed by atoms with Gasteiger partial charge in [0, 0.05) is 30.8 Å². The van der Waals surface area contributed by atoms with Gasteiger partial charge in [-0.05, 0) is 31.5 Å². The fourth-order valence-corrected chi connectivity index (χ4v) is 1.80. The number of hydrogen-bond donors (Lipinski definition) is 2. The number of amides is 1. The second kappa shape index (κ2) is 8.79. The van der Waals surface area contributed by atoms with Crippen molar-refractivity contribution in [3.05, 3.63) is 28.8 Å².